The summed E-state index contributed by atoms with van der Waals surface area (Å²) in [5.41, 5.74) is 6.41. The maximum atomic E-state index is 11.1. The number of ketones is 1. The zero-order chi connectivity index (χ0) is 7.68. The molecule has 3 heteroatoms. The normalized spacial score (nSPS) is 13.3. The molecule has 1 aromatic heterocycles. The van der Waals surface area contributed by atoms with E-state index in [4.69, 9.17) is 0 Å². The average molecular weight is 144 g/mol. The zero-order valence-electron chi connectivity index (χ0n) is 5.59. The number of fused-ring (bicyclic) bond motifs is 1. The Kier molecular flexibility index (Phi) is 1.13. The van der Waals surface area contributed by atoms with Crippen LogP contribution in [0, 0.1) is 0 Å². The molecule has 11 heavy (non-hydrogen) atoms. The molecule has 0 atom stereocenters. The molecule has 1 aromatic rings. The van der Waals surface area contributed by atoms with Gasteiger partial charge >= 0.3 is 0 Å². The molecule has 0 spiro atoms. The van der Waals surface area contributed by atoms with Gasteiger partial charge in [0, 0.05) is 12.2 Å². The second-order valence-electron chi connectivity index (χ2n) is 2.11. The van der Waals surface area contributed by atoms with E-state index in [0.29, 0.717) is 11.4 Å². The molecule has 0 saturated carbocycles. The Balaban J connectivity index is 2.74. The Labute approximate surface area is 62.8 Å². The van der Waals surface area contributed by atoms with Crippen LogP contribution in [0.1, 0.15) is 16.2 Å². The zero-order valence-corrected chi connectivity index (χ0v) is 5.59. The smallest absolute Gasteiger partial charge is 0.214 e. The minimum Gasteiger partial charge on any atom is -0.344 e. The summed E-state index contributed by atoms with van der Waals surface area (Å²) in [6.45, 7) is 0. The lowest BCUT2D eigenvalue weighted by atomic mass is 10.2. The van der Waals surface area contributed by atoms with Crippen molar-refractivity contribution in [2.24, 2.45) is 0 Å². The Morgan fingerprint density at radius 2 is 2.18 bits per heavy atom. The maximum Gasteiger partial charge on any atom is 0.214 e. The predicted molar refractivity (Wildman–Crippen MR) is 39.0 cm³/mol. The van der Waals surface area contributed by atoms with E-state index in [9.17, 15) is 4.79 Å². The molecular formula is C8H4N2O. The number of allylic oxidation sites excluding steroid dienone is 1. The summed E-state index contributed by atoms with van der Waals surface area (Å²) >= 11 is 0. The SMILES string of the molecule is O=C1C=C=C=Cc2[nH]cnc21. The van der Waals surface area contributed by atoms with Crippen molar-refractivity contribution in [1.82, 2.24) is 9.97 Å². The van der Waals surface area contributed by atoms with Gasteiger partial charge in [-0.15, -0.1) is 0 Å². The molecule has 3 nitrogen and oxygen atoms in total. The molecule has 0 aliphatic heterocycles. The Morgan fingerprint density at radius 3 is 3.09 bits per heavy atom. The van der Waals surface area contributed by atoms with Crippen LogP contribution in [0.25, 0.3) is 6.08 Å². The van der Waals surface area contributed by atoms with Crippen molar-refractivity contribution in [3.05, 3.63) is 35.3 Å². The number of carbonyl (C=O) groups excluding carboxylic acids is 1. The molecule has 52 valence electrons. The van der Waals surface area contributed by atoms with Crippen LogP contribution >= 0.6 is 0 Å². The number of hydrogen-bond acceptors (Lipinski definition) is 2. The number of carbonyl (C=O) groups is 1. The molecule has 1 heterocycles. The van der Waals surface area contributed by atoms with E-state index in [0.717, 1.165) is 0 Å². The molecule has 0 fully saturated rings. The number of imidazole rings is 1. The molecule has 0 saturated heterocycles. The fraction of sp³-hybridized carbons (Fsp3) is 0. The van der Waals surface area contributed by atoms with Gasteiger partial charge in [0.1, 0.15) is 5.69 Å². The van der Waals surface area contributed by atoms with Crippen molar-refractivity contribution in [3.63, 3.8) is 0 Å². The van der Waals surface area contributed by atoms with E-state index in [1.54, 1.807) is 6.08 Å². The summed E-state index contributed by atoms with van der Waals surface area (Å²) in [5, 5.41) is 0. The fourth-order valence-electron chi connectivity index (χ4n) is 0.900. The molecule has 1 N–H and O–H groups in total. The van der Waals surface area contributed by atoms with Crippen LogP contribution in [0.4, 0.5) is 0 Å². The highest BCUT2D eigenvalue weighted by atomic mass is 16.1. The van der Waals surface area contributed by atoms with Crippen molar-refractivity contribution < 1.29 is 4.79 Å². The molecule has 2 rings (SSSR count). The fourth-order valence-corrected chi connectivity index (χ4v) is 0.900. The van der Waals surface area contributed by atoms with Crippen molar-refractivity contribution >= 4 is 11.9 Å². The van der Waals surface area contributed by atoms with Crippen LogP contribution in [-0.2, 0) is 0 Å². The van der Waals surface area contributed by atoms with Gasteiger partial charge in [-0.05, 0) is 0 Å². The van der Waals surface area contributed by atoms with Crippen LogP contribution in [-0.4, -0.2) is 15.8 Å². The summed E-state index contributed by atoms with van der Waals surface area (Å²) in [5.74, 6) is -0.137. The lowest BCUT2D eigenvalue weighted by Crippen LogP contribution is -1.95. The van der Waals surface area contributed by atoms with E-state index in [-0.39, 0.29) is 5.78 Å². The number of hydrogen-bond donors (Lipinski definition) is 1. The van der Waals surface area contributed by atoms with Gasteiger partial charge in [-0.1, -0.05) is 11.5 Å². The summed E-state index contributed by atoms with van der Waals surface area (Å²) < 4.78 is 0. The van der Waals surface area contributed by atoms with Gasteiger partial charge in [-0.25, -0.2) is 4.98 Å². The maximum absolute atomic E-state index is 11.1. The van der Waals surface area contributed by atoms with Crippen molar-refractivity contribution in [3.8, 4) is 0 Å². The van der Waals surface area contributed by atoms with Crippen LogP contribution in [0.15, 0.2) is 23.9 Å². The number of aromatic nitrogens is 2. The summed E-state index contributed by atoms with van der Waals surface area (Å²) in [4.78, 5) is 17.8. The highest BCUT2D eigenvalue weighted by Crippen LogP contribution is 2.07. The second-order valence-corrected chi connectivity index (χ2v) is 2.11. The topological polar surface area (TPSA) is 45.8 Å². The lowest BCUT2D eigenvalue weighted by Gasteiger charge is -1.86. The quantitative estimate of drug-likeness (QED) is 0.550. The first-order valence-corrected chi connectivity index (χ1v) is 3.13. The second kappa shape index (κ2) is 2.10. The number of rotatable bonds is 0. The van der Waals surface area contributed by atoms with Gasteiger partial charge in [0.25, 0.3) is 0 Å². The Morgan fingerprint density at radius 1 is 1.36 bits per heavy atom. The third-order valence-electron chi connectivity index (χ3n) is 1.41. The number of aromatic amines is 1. The Bertz CT molecular complexity index is 391. The number of nitrogens with zero attached hydrogens (tertiary/aromatic N) is 1. The molecular weight excluding hydrogens is 140 g/mol. The van der Waals surface area contributed by atoms with E-state index in [2.05, 4.69) is 21.4 Å². The summed E-state index contributed by atoms with van der Waals surface area (Å²) in [6.07, 6.45) is 4.45. The molecule has 0 amide bonds. The highest BCUT2D eigenvalue weighted by Gasteiger charge is 2.10. The first-order valence-electron chi connectivity index (χ1n) is 3.13. The largest absolute Gasteiger partial charge is 0.344 e. The van der Waals surface area contributed by atoms with Crippen molar-refractivity contribution in [1.29, 1.82) is 0 Å². The molecule has 0 radical (unpaired) electrons. The standard InChI is InChI=1S/C8H4N2O/c11-7-4-2-1-3-6-8(7)10-5-9-6/h3-5H,(H,9,10). The first-order chi connectivity index (χ1) is 5.38. The van der Waals surface area contributed by atoms with Crippen molar-refractivity contribution in [2.45, 2.75) is 0 Å². The molecule has 0 unspecified atom stereocenters. The Hall–Kier alpha value is -1.82. The van der Waals surface area contributed by atoms with Gasteiger partial charge in [-0.3, -0.25) is 4.79 Å². The van der Waals surface area contributed by atoms with Gasteiger partial charge in [0.2, 0.25) is 5.78 Å². The van der Waals surface area contributed by atoms with Gasteiger partial charge < -0.3 is 4.98 Å². The van der Waals surface area contributed by atoms with Gasteiger partial charge in [0.15, 0.2) is 0 Å². The minimum atomic E-state index is -0.137. The van der Waals surface area contributed by atoms with Gasteiger partial charge in [0.05, 0.1) is 12.0 Å². The molecule has 1 aliphatic carbocycles. The first kappa shape index (κ1) is 5.93. The lowest BCUT2D eigenvalue weighted by molar-refractivity contribution is 0.104. The summed E-state index contributed by atoms with van der Waals surface area (Å²) in [7, 11) is 0. The monoisotopic (exact) mass is 144 g/mol. The van der Waals surface area contributed by atoms with E-state index >= 15 is 0 Å². The van der Waals surface area contributed by atoms with E-state index < -0.39 is 0 Å². The van der Waals surface area contributed by atoms with Crippen LogP contribution in [0.5, 0.6) is 0 Å². The molecule has 0 aromatic carbocycles. The average Bonchev–Trinajstić information content (AvgIpc) is 2.40. The molecule has 0 bridgehead atoms. The highest BCUT2D eigenvalue weighted by molar-refractivity contribution is 6.05. The van der Waals surface area contributed by atoms with Gasteiger partial charge in [-0.2, -0.15) is 0 Å². The number of H-pyrrole nitrogens is 1. The van der Waals surface area contributed by atoms with Crippen molar-refractivity contribution in [2.75, 3.05) is 0 Å². The minimum absolute atomic E-state index is 0.137. The molecule has 1 aliphatic rings. The number of nitrogens with one attached hydrogen (secondary N) is 1. The van der Waals surface area contributed by atoms with E-state index in [1.165, 1.54) is 12.4 Å². The third-order valence-corrected chi connectivity index (χ3v) is 1.41. The van der Waals surface area contributed by atoms with Crippen LogP contribution in [0.2, 0.25) is 0 Å². The van der Waals surface area contributed by atoms with Crippen LogP contribution < -0.4 is 0 Å². The van der Waals surface area contributed by atoms with Crippen LogP contribution in [0.3, 0.4) is 0 Å². The predicted octanol–water partition coefficient (Wildman–Crippen LogP) is 0.929. The van der Waals surface area contributed by atoms with E-state index in [1.807, 2.05) is 0 Å². The third kappa shape index (κ3) is 0.849. The summed E-state index contributed by atoms with van der Waals surface area (Å²) in [6, 6.07) is 0.